The highest BCUT2D eigenvalue weighted by molar-refractivity contribution is 7.71. The number of ether oxygens (including phenoxy) is 2. The van der Waals surface area contributed by atoms with Crippen LogP contribution in [0, 0.1) is 4.77 Å². The van der Waals surface area contributed by atoms with E-state index in [1.807, 2.05) is 62.4 Å². The molecule has 0 saturated heterocycles. The Morgan fingerprint density at radius 1 is 1.19 bits per heavy atom. The summed E-state index contributed by atoms with van der Waals surface area (Å²) in [5.41, 5.74) is 2.01. The van der Waals surface area contributed by atoms with Gasteiger partial charge in [-0.3, -0.25) is 5.10 Å². The summed E-state index contributed by atoms with van der Waals surface area (Å²) >= 11 is 5.31. The number of hydrogen-bond acceptors (Lipinski definition) is 5. The summed E-state index contributed by atoms with van der Waals surface area (Å²) in [6, 6.07) is 15.7. The fourth-order valence-corrected chi connectivity index (χ4v) is 2.77. The molecule has 1 aromatic heterocycles. The minimum atomic E-state index is 0.0724. The van der Waals surface area contributed by atoms with Crippen LogP contribution in [0.5, 0.6) is 11.5 Å². The Morgan fingerprint density at radius 2 is 1.96 bits per heavy atom. The van der Waals surface area contributed by atoms with Gasteiger partial charge in [-0.1, -0.05) is 30.3 Å². The van der Waals surface area contributed by atoms with E-state index < -0.39 is 0 Å². The molecule has 2 aromatic carbocycles. The van der Waals surface area contributed by atoms with E-state index in [2.05, 4.69) is 15.3 Å². The van der Waals surface area contributed by atoms with Crippen molar-refractivity contribution in [3.8, 4) is 11.5 Å². The van der Waals surface area contributed by atoms with Gasteiger partial charge in [-0.25, -0.2) is 0 Å². The van der Waals surface area contributed by atoms with Crippen molar-refractivity contribution in [3.05, 3.63) is 70.3 Å². The molecule has 0 aliphatic carbocycles. The lowest BCUT2D eigenvalue weighted by Gasteiger charge is -2.13. The maximum absolute atomic E-state index is 5.74. The molecule has 0 unspecified atom stereocenters. The number of rotatable bonds is 7. The summed E-state index contributed by atoms with van der Waals surface area (Å²) in [7, 11) is 1.62. The predicted octanol–water partition coefficient (Wildman–Crippen LogP) is 4.21. The lowest BCUT2D eigenvalue weighted by molar-refractivity contribution is 0.230. The van der Waals surface area contributed by atoms with Crippen molar-refractivity contribution >= 4 is 18.4 Å². The number of nitrogens with zero attached hydrogens (tertiary/aromatic N) is 3. The van der Waals surface area contributed by atoms with Gasteiger partial charge in [0.25, 0.3) is 0 Å². The van der Waals surface area contributed by atoms with Crippen molar-refractivity contribution in [3.63, 3.8) is 0 Å². The summed E-state index contributed by atoms with van der Waals surface area (Å²) in [6.07, 6.45) is 2.43. The van der Waals surface area contributed by atoms with Crippen molar-refractivity contribution in [1.29, 1.82) is 0 Å². The van der Waals surface area contributed by atoms with Gasteiger partial charge in [-0.15, -0.1) is 0 Å². The van der Waals surface area contributed by atoms with Crippen LogP contribution in [0.2, 0.25) is 0 Å². The zero-order valence-electron chi connectivity index (χ0n) is 15.5. The maximum atomic E-state index is 5.74. The minimum absolute atomic E-state index is 0.0724. The third-order valence-electron chi connectivity index (χ3n) is 3.80. The molecule has 7 heteroatoms. The zero-order valence-corrected chi connectivity index (χ0v) is 16.4. The van der Waals surface area contributed by atoms with E-state index in [1.54, 1.807) is 18.0 Å². The van der Waals surface area contributed by atoms with E-state index >= 15 is 0 Å². The smallest absolute Gasteiger partial charge is 0.216 e. The highest BCUT2D eigenvalue weighted by atomic mass is 32.1. The molecule has 27 heavy (non-hydrogen) atoms. The van der Waals surface area contributed by atoms with Crippen LogP contribution in [0.15, 0.2) is 53.6 Å². The van der Waals surface area contributed by atoms with E-state index in [0.29, 0.717) is 22.7 Å². The van der Waals surface area contributed by atoms with Gasteiger partial charge in [0, 0.05) is 6.42 Å². The fourth-order valence-electron chi connectivity index (χ4n) is 2.58. The SMILES string of the molecule is COc1cc(/C=N\n2c(Cc3ccccc3)n[nH]c2=S)ccc1OC(C)C. The quantitative estimate of drug-likeness (QED) is 0.491. The summed E-state index contributed by atoms with van der Waals surface area (Å²) in [5, 5.41) is 11.6. The number of hydrogen-bond donors (Lipinski definition) is 1. The van der Waals surface area contributed by atoms with Gasteiger partial charge < -0.3 is 9.47 Å². The average Bonchev–Trinajstić information content (AvgIpc) is 3.00. The largest absolute Gasteiger partial charge is 0.493 e. The Labute approximate surface area is 163 Å². The molecule has 0 saturated carbocycles. The van der Waals surface area contributed by atoms with E-state index in [4.69, 9.17) is 21.7 Å². The van der Waals surface area contributed by atoms with Crippen LogP contribution in [0.25, 0.3) is 0 Å². The molecule has 0 bridgehead atoms. The predicted molar refractivity (Wildman–Crippen MR) is 108 cm³/mol. The van der Waals surface area contributed by atoms with Crippen LogP contribution in [-0.4, -0.2) is 34.3 Å². The summed E-state index contributed by atoms with van der Waals surface area (Å²) in [5.74, 6) is 2.11. The maximum Gasteiger partial charge on any atom is 0.216 e. The summed E-state index contributed by atoms with van der Waals surface area (Å²) < 4.78 is 13.2. The van der Waals surface area contributed by atoms with Crippen molar-refractivity contribution in [2.75, 3.05) is 7.11 Å². The van der Waals surface area contributed by atoms with Gasteiger partial charge >= 0.3 is 0 Å². The van der Waals surface area contributed by atoms with Crippen molar-refractivity contribution in [1.82, 2.24) is 14.9 Å². The fraction of sp³-hybridized carbons (Fsp3) is 0.250. The first-order chi connectivity index (χ1) is 13.1. The molecule has 0 amide bonds. The van der Waals surface area contributed by atoms with Gasteiger partial charge in [0.2, 0.25) is 4.77 Å². The van der Waals surface area contributed by atoms with Crippen LogP contribution in [-0.2, 0) is 6.42 Å². The molecule has 0 spiro atoms. The molecule has 1 N–H and O–H groups in total. The highest BCUT2D eigenvalue weighted by Gasteiger charge is 2.08. The number of H-pyrrole nitrogens is 1. The Kier molecular flexibility index (Phi) is 6.03. The van der Waals surface area contributed by atoms with Gasteiger partial charge in [-0.05, 0) is 55.4 Å². The number of aromatic amines is 1. The standard InChI is InChI=1S/C20H22N4O2S/c1-14(2)26-17-10-9-16(11-18(17)25-3)13-21-24-19(22-23-20(24)27)12-15-7-5-4-6-8-15/h4-11,13-14H,12H2,1-3H3,(H,23,27)/b21-13-. The van der Waals surface area contributed by atoms with Crippen LogP contribution in [0.3, 0.4) is 0 Å². The highest BCUT2D eigenvalue weighted by Crippen LogP contribution is 2.28. The molecule has 0 aliphatic rings. The molecule has 6 nitrogen and oxygen atoms in total. The number of nitrogens with one attached hydrogen (secondary N) is 1. The summed E-state index contributed by atoms with van der Waals surface area (Å²) in [4.78, 5) is 0. The van der Waals surface area contributed by atoms with Crippen molar-refractivity contribution in [2.45, 2.75) is 26.4 Å². The Balaban J connectivity index is 1.84. The van der Waals surface area contributed by atoms with Crippen LogP contribution >= 0.6 is 12.2 Å². The minimum Gasteiger partial charge on any atom is -0.493 e. The lowest BCUT2D eigenvalue weighted by Crippen LogP contribution is -2.07. The summed E-state index contributed by atoms with van der Waals surface area (Å²) in [6.45, 7) is 3.95. The molecule has 1 heterocycles. The third-order valence-corrected chi connectivity index (χ3v) is 4.06. The molecular weight excluding hydrogens is 360 g/mol. The Bertz CT molecular complexity index is 977. The molecule has 3 rings (SSSR count). The number of methoxy groups -OCH3 is 1. The topological polar surface area (TPSA) is 64.4 Å². The van der Waals surface area contributed by atoms with Crippen LogP contribution in [0.4, 0.5) is 0 Å². The van der Waals surface area contributed by atoms with Gasteiger partial charge in [0.1, 0.15) is 0 Å². The van der Waals surface area contributed by atoms with Crippen molar-refractivity contribution < 1.29 is 9.47 Å². The Hall–Kier alpha value is -2.93. The van der Waals surface area contributed by atoms with E-state index in [-0.39, 0.29) is 6.10 Å². The first-order valence-electron chi connectivity index (χ1n) is 8.66. The molecule has 0 radical (unpaired) electrons. The van der Waals surface area contributed by atoms with E-state index in [1.165, 1.54) is 0 Å². The molecular formula is C20H22N4O2S. The molecule has 0 aliphatic heterocycles. The number of benzene rings is 2. The van der Waals surface area contributed by atoms with Gasteiger partial charge in [-0.2, -0.15) is 14.9 Å². The second-order valence-corrected chi connectivity index (χ2v) is 6.63. The lowest BCUT2D eigenvalue weighted by atomic mass is 10.1. The van der Waals surface area contributed by atoms with Gasteiger partial charge in [0.05, 0.1) is 19.4 Å². The second-order valence-electron chi connectivity index (χ2n) is 6.24. The molecule has 0 atom stereocenters. The normalized spacial score (nSPS) is 11.3. The van der Waals surface area contributed by atoms with Crippen LogP contribution in [0.1, 0.15) is 30.8 Å². The Morgan fingerprint density at radius 3 is 2.67 bits per heavy atom. The zero-order chi connectivity index (χ0) is 19.2. The van der Waals surface area contributed by atoms with E-state index in [0.717, 1.165) is 17.0 Å². The van der Waals surface area contributed by atoms with Crippen molar-refractivity contribution in [2.24, 2.45) is 5.10 Å². The van der Waals surface area contributed by atoms with E-state index in [9.17, 15) is 0 Å². The number of aromatic nitrogens is 3. The van der Waals surface area contributed by atoms with Crippen LogP contribution < -0.4 is 9.47 Å². The first-order valence-corrected chi connectivity index (χ1v) is 9.07. The van der Waals surface area contributed by atoms with Gasteiger partial charge in [0.15, 0.2) is 17.3 Å². The molecule has 0 fully saturated rings. The average molecular weight is 382 g/mol. The monoisotopic (exact) mass is 382 g/mol. The third kappa shape index (κ3) is 4.83. The first kappa shape index (κ1) is 18.8. The second kappa shape index (κ2) is 8.64. The molecule has 140 valence electrons. The molecule has 3 aromatic rings.